The predicted molar refractivity (Wildman–Crippen MR) is 132 cm³/mol. The highest BCUT2D eigenvalue weighted by Crippen LogP contribution is 2.14. The molecule has 182 valence electrons. The molecule has 0 aromatic heterocycles. The molecule has 0 fully saturated rings. The summed E-state index contributed by atoms with van der Waals surface area (Å²) in [6.45, 7) is 6.47. The van der Waals surface area contributed by atoms with Crippen molar-refractivity contribution in [3.8, 4) is 0 Å². The lowest BCUT2D eigenvalue weighted by atomic mass is 10.0. The number of rotatable bonds is 25. The monoisotopic (exact) mass is 446 g/mol. The van der Waals surface area contributed by atoms with Gasteiger partial charge >= 0.3 is 8.80 Å². The zero-order valence-corrected chi connectivity index (χ0v) is 21.9. The van der Waals surface area contributed by atoms with Gasteiger partial charge in [-0.1, -0.05) is 90.4 Å². The average molecular weight is 447 g/mol. The van der Waals surface area contributed by atoms with Gasteiger partial charge in [-0.3, -0.25) is 0 Å². The van der Waals surface area contributed by atoms with Crippen molar-refractivity contribution in [2.24, 2.45) is 0 Å². The largest absolute Gasteiger partial charge is 0.500 e. The smallest absolute Gasteiger partial charge is 0.377 e. The summed E-state index contributed by atoms with van der Waals surface area (Å²) in [7, 11) is 2.64. The second-order valence-corrected chi connectivity index (χ2v) is 11.6. The molecule has 0 heterocycles. The van der Waals surface area contributed by atoms with Crippen LogP contribution in [-0.4, -0.2) is 56.3 Å². The van der Waals surface area contributed by atoms with Gasteiger partial charge in [-0.25, -0.2) is 0 Å². The van der Waals surface area contributed by atoms with E-state index < -0.39 is 8.80 Å². The van der Waals surface area contributed by atoms with Gasteiger partial charge in [0.05, 0.1) is 0 Å². The van der Waals surface area contributed by atoms with Crippen LogP contribution in [0.3, 0.4) is 0 Å². The molecular weight excluding hydrogens is 392 g/mol. The highest BCUT2D eigenvalue weighted by molar-refractivity contribution is 6.60. The van der Waals surface area contributed by atoms with Gasteiger partial charge in [-0.2, -0.15) is 0 Å². The lowest BCUT2D eigenvalue weighted by molar-refractivity contribution is 0.123. The fourth-order valence-corrected chi connectivity index (χ4v) is 5.58. The highest BCUT2D eigenvalue weighted by Gasteiger charge is 2.36. The maximum Gasteiger partial charge on any atom is 0.500 e. The topological polar surface area (TPSA) is 51.8 Å². The van der Waals surface area contributed by atoms with Crippen LogP contribution in [0.1, 0.15) is 103 Å². The Morgan fingerprint density at radius 2 is 0.833 bits per heavy atom. The summed E-state index contributed by atoms with van der Waals surface area (Å²) in [5.74, 6) is 0. The molecule has 0 unspecified atom stereocenters. The summed E-state index contributed by atoms with van der Waals surface area (Å²) in [5, 5.41) is 7.02. The van der Waals surface area contributed by atoms with Crippen LogP contribution in [0.5, 0.6) is 0 Å². The van der Waals surface area contributed by atoms with Crippen molar-refractivity contribution in [1.29, 1.82) is 0 Å². The molecule has 0 amide bonds. The molecule has 0 saturated carbocycles. The van der Waals surface area contributed by atoms with E-state index >= 15 is 0 Å². The Bertz CT molecular complexity index is 323. The Hall–Kier alpha value is 0.0169. The van der Waals surface area contributed by atoms with Crippen LogP contribution in [-0.2, 0) is 13.3 Å². The van der Waals surface area contributed by atoms with E-state index in [0.717, 1.165) is 38.6 Å². The first-order valence-corrected chi connectivity index (χ1v) is 14.7. The summed E-state index contributed by atoms with van der Waals surface area (Å²) < 4.78 is 16.3. The first-order chi connectivity index (χ1) is 14.7. The zero-order valence-electron chi connectivity index (χ0n) is 20.9. The standard InChI is InChI=1S/C24H54N2O3Si/c1-5-6-7-8-9-10-11-12-13-14-15-16-17-18-20-25-22-23-26-21-19-24-30(27-2,28-3)29-4/h25-26H,5-24H2,1-4H3. The number of nitrogens with one attached hydrogen (secondary N) is 2. The molecule has 0 aliphatic rings. The van der Waals surface area contributed by atoms with Crippen LogP contribution in [0, 0.1) is 0 Å². The third-order valence-electron chi connectivity index (χ3n) is 5.96. The van der Waals surface area contributed by atoms with Crippen molar-refractivity contribution < 1.29 is 13.3 Å². The second-order valence-electron chi connectivity index (χ2n) is 8.50. The van der Waals surface area contributed by atoms with E-state index in [9.17, 15) is 0 Å². The summed E-state index contributed by atoms with van der Waals surface area (Å²) in [6, 6.07) is 0.857. The lowest BCUT2D eigenvalue weighted by Crippen LogP contribution is -2.43. The molecular formula is C24H54N2O3Si. The van der Waals surface area contributed by atoms with Crippen LogP contribution in [0.4, 0.5) is 0 Å². The van der Waals surface area contributed by atoms with Gasteiger partial charge in [0.25, 0.3) is 0 Å². The van der Waals surface area contributed by atoms with E-state index in [1.54, 1.807) is 21.3 Å². The summed E-state index contributed by atoms with van der Waals surface area (Å²) in [5.41, 5.74) is 0. The van der Waals surface area contributed by atoms with Crippen LogP contribution in [0.15, 0.2) is 0 Å². The molecule has 0 aliphatic carbocycles. The molecule has 0 aromatic carbocycles. The van der Waals surface area contributed by atoms with Crippen LogP contribution in [0.2, 0.25) is 6.04 Å². The minimum atomic E-state index is -2.39. The third-order valence-corrected chi connectivity index (χ3v) is 8.79. The fraction of sp³-hybridized carbons (Fsp3) is 1.00. The van der Waals surface area contributed by atoms with Crippen molar-refractivity contribution >= 4 is 8.80 Å². The van der Waals surface area contributed by atoms with E-state index in [1.165, 1.54) is 89.9 Å². The second kappa shape index (κ2) is 23.7. The molecule has 0 atom stereocenters. The summed E-state index contributed by atoms with van der Waals surface area (Å²) >= 11 is 0. The van der Waals surface area contributed by atoms with Gasteiger partial charge in [-0.15, -0.1) is 0 Å². The van der Waals surface area contributed by atoms with Crippen molar-refractivity contribution in [3.63, 3.8) is 0 Å². The molecule has 6 heteroatoms. The van der Waals surface area contributed by atoms with Crippen molar-refractivity contribution in [2.45, 2.75) is 109 Å². The minimum absolute atomic E-state index is 0.857. The van der Waals surface area contributed by atoms with E-state index in [0.29, 0.717) is 0 Å². The zero-order chi connectivity index (χ0) is 22.2. The molecule has 0 bridgehead atoms. The Balaban J connectivity index is 3.16. The van der Waals surface area contributed by atoms with E-state index in [4.69, 9.17) is 13.3 Å². The third kappa shape index (κ3) is 18.8. The normalized spacial score (nSPS) is 12.0. The number of unbranched alkanes of at least 4 members (excludes halogenated alkanes) is 13. The SMILES string of the molecule is CCCCCCCCCCCCCCCCNCCNCCC[Si](OC)(OC)OC. The van der Waals surface area contributed by atoms with Gasteiger partial charge in [0.1, 0.15) is 0 Å². The molecule has 0 radical (unpaired) electrons. The number of hydrogen-bond acceptors (Lipinski definition) is 5. The first kappa shape index (κ1) is 30.0. The fourth-order valence-electron chi connectivity index (χ4n) is 3.86. The summed E-state index contributed by atoms with van der Waals surface area (Å²) in [6.07, 6.45) is 20.9. The average Bonchev–Trinajstić information content (AvgIpc) is 2.78. The quantitative estimate of drug-likeness (QED) is 0.135. The minimum Gasteiger partial charge on any atom is -0.377 e. The Morgan fingerprint density at radius 1 is 0.467 bits per heavy atom. The Labute approximate surface area is 189 Å². The molecule has 0 aliphatic heterocycles. The Kier molecular flexibility index (Phi) is 23.7. The maximum atomic E-state index is 5.43. The van der Waals surface area contributed by atoms with E-state index in [1.807, 2.05) is 0 Å². The molecule has 0 saturated heterocycles. The van der Waals surface area contributed by atoms with E-state index in [-0.39, 0.29) is 0 Å². The maximum absolute atomic E-state index is 5.43. The molecule has 0 aromatic rings. The van der Waals surface area contributed by atoms with Gasteiger partial charge in [0.2, 0.25) is 0 Å². The lowest BCUT2D eigenvalue weighted by Gasteiger charge is -2.24. The van der Waals surface area contributed by atoms with Crippen LogP contribution >= 0.6 is 0 Å². The number of hydrogen-bond donors (Lipinski definition) is 2. The van der Waals surface area contributed by atoms with Gasteiger partial charge in [-0.05, 0) is 25.9 Å². The van der Waals surface area contributed by atoms with Gasteiger partial charge < -0.3 is 23.9 Å². The molecule has 30 heavy (non-hydrogen) atoms. The molecule has 5 nitrogen and oxygen atoms in total. The summed E-state index contributed by atoms with van der Waals surface area (Å²) in [4.78, 5) is 0. The predicted octanol–water partition coefficient (Wildman–Crippen LogP) is 5.92. The van der Waals surface area contributed by atoms with Gasteiger partial charge in [0.15, 0.2) is 0 Å². The van der Waals surface area contributed by atoms with E-state index in [2.05, 4.69) is 17.6 Å². The van der Waals surface area contributed by atoms with Crippen LogP contribution < -0.4 is 10.6 Å². The van der Waals surface area contributed by atoms with Crippen LogP contribution in [0.25, 0.3) is 0 Å². The molecule has 0 spiro atoms. The van der Waals surface area contributed by atoms with Gasteiger partial charge in [0, 0.05) is 40.5 Å². The van der Waals surface area contributed by atoms with Crippen molar-refractivity contribution in [2.75, 3.05) is 47.5 Å². The Morgan fingerprint density at radius 3 is 1.23 bits per heavy atom. The first-order valence-electron chi connectivity index (χ1n) is 12.8. The van der Waals surface area contributed by atoms with Crippen molar-refractivity contribution in [1.82, 2.24) is 10.6 Å². The molecule has 2 N–H and O–H groups in total. The highest BCUT2D eigenvalue weighted by atomic mass is 28.4. The molecule has 0 rings (SSSR count). The van der Waals surface area contributed by atoms with Crippen molar-refractivity contribution in [3.05, 3.63) is 0 Å².